The number of hydrogen-bond acceptors (Lipinski definition) is 5. The van der Waals surface area contributed by atoms with Crippen molar-refractivity contribution in [3.8, 4) is 0 Å². The molecular weight excluding hydrogens is 318 g/mol. The van der Waals surface area contributed by atoms with Gasteiger partial charge >= 0.3 is 0 Å². The van der Waals surface area contributed by atoms with Crippen LogP contribution in [0.25, 0.3) is 5.65 Å². The van der Waals surface area contributed by atoms with Crippen molar-refractivity contribution in [2.24, 2.45) is 5.92 Å². The second-order valence-corrected chi connectivity index (χ2v) is 6.38. The van der Waals surface area contributed by atoms with E-state index in [0.29, 0.717) is 18.1 Å². The summed E-state index contributed by atoms with van der Waals surface area (Å²) in [5.74, 6) is 1.16. The van der Waals surface area contributed by atoms with Gasteiger partial charge in [-0.15, -0.1) is 0 Å². The summed E-state index contributed by atoms with van der Waals surface area (Å²) in [7, 11) is 0. The van der Waals surface area contributed by atoms with Gasteiger partial charge in [0.2, 0.25) is 0 Å². The molecule has 7 nitrogen and oxygen atoms in total. The quantitative estimate of drug-likeness (QED) is 0.717. The Morgan fingerprint density at radius 3 is 2.72 bits per heavy atom. The molecule has 0 saturated carbocycles. The van der Waals surface area contributed by atoms with E-state index in [9.17, 15) is 9.59 Å². The van der Waals surface area contributed by atoms with Crippen molar-refractivity contribution in [3.63, 3.8) is 0 Å². The molecule has 0 bridgehead atoms. The Hall–Kier alpha value is -2.96. The standard InChI is InChI=1S/C18H19N5O2/c24-17-4-7-19-13-22(17)12-14-5-9-21(10-6-14)16-11-18(25)23-8-2-1-3-15(23)20-16/h1-4,7-8,11,13-14H,5-6,9-10,12H2. The minimum Gasteiger partial charge on any atom is -0.356 e. The fraction of sp³-hybridized carbons (Fsp3) is 0.333. The maximum atomic E-state index is 12.2. The number of anilines is 1. The fourth-order valence-electron chi connectivity index (χ4n) is 3.34. The van der Waals surface area contributed by atoms with Gasteiger partial charge in [0, 0.05) is 44.2 Å². The number of rotatable bonds is 3. The van der Waals surface area contributed by atoms with E-state index in [4.69, 9.17) is 0 Å². The molecule has 1 fully saturated rings. The van der Waals surface area contributed by atoms with Crippen molar-refractivity contribution < 1.29 is 0 Å². The number of aromatic nitrogens is 4. The highest BCUT2D eigenvalue weighted by Crippen LogP contribution is 2.22. The molecule has 0 aliphatic carbocycles. The first-order valence-corrected chi connectivity index (χ1v) is 8.44. The van der Waals surface area contributed by atoms with Crippen molar-refractivity contribution in [2.75, 3.05) is 18.0 Å². The van der Waals surface area contributed by atoms with Gasteiger partial charge in [0.15, 0.2) is 0 Å². The summed E-state index contributed by atoms with van der Waals surface area (Å²) in [6.45, 7) is 2.35. The van der Waals surface area contributed by atoms with Crippen molar-refractivity contribution in [1.29, 1.82) is 0 Å². The Kier molecular flexibility index (Phi) is 4.05. The highest BCUT2D eigenvalue weighted by atomic mass is 16.1. The number of nitrogens with zero attached hydrogens (tertiary/aromatic N) is 5. The molecule has 3 aromatic rings. The van der Waals surface area contributed by atoms with E-state index in [1.54, 1.807) is 27.6 Å². The van der Waals surface area contributed by atoms with Gasteiger partial charge < -0.3 is 4.90 Å². The van der Waals surface area contributed by atoms with E-state index in [-0.39, 0.29) is 11.1 Å². The Bertz CT molecular complexity index is 1000. The molecule has 0 aromatic carbocycles. The van der Waals surface area contributed by atoms with Crippen molar-refractivity contribution >= 4 is 11.5 Å². The molecule has 3 aromatic heterocycles. The molecule has 128 valence electrons. The van der Waals surface area contributed by atoms with E-state index in [2.05, 4.69) is 14.9 Å². The summed E-state index contributed by atoms with van der Waals surface area (Å²) in [6, 6.07) is 8.62. The first kappa shape index (κ1) is 15.6. The molecule has 0 spiro atoms. The van der Waals surface area contributed by atoms with Gasteiger partial charge in [-0.1, -0.05) is 6.07 Å². The second-order valence-electron chi connectivity index (χ2n) is 6.38. The van der Waals surface area contributed by atoms with Crippen LogP contribution in [-0.4, -0.2) is 32.0 Å². The van der Waals surface area contributed by atoms with E-state index in [1.165, 1.54) is 12.3 Å². The Labute approximate surface area is 144 Å². The SMILES string of the molecule is O=c1ccncn1CC1CCN(c2cc(=O)n3ccccc3n2)CC1. The van der Waals surface area contributed by atoms with Crippen LogP contribution >= 0.6 is 0 Å². The van der Waals surface area contributed by atoms with Gasteiger partial charge in [0.05, 0.1) is 6.33 Å². The van der Waals surface area contributed by atoms with Crippen LogP contribution in [0.3, 0.4) is 0 Å². The number of pyridine rings is 1. The van der Waals surface area contributed by atoms with Gasteiger partial charge in [-0.05, 0) is 30.9 Å². The molecule has 1 saturated heterocycles. The third-order valence-electron chi connectivity index (χ3n) is 4.74. The third kappa shape index (κ3) is 3.17. The van der Waals surface area contributed by atoms with E-state index in [0.717, 1.165) is 31.7 Å². The van der Waals surface area contributed by atoms with Gasteiger partial charge in [0.25, 0.3) is 11.1 Å². The lowest BCUT2D eigenvalue weighted by Crippen LogP contribution is -2.37. The molecule has 4 heterocycles. The van der Waals surface area contributed by atoms with Crippen LogP contribution in [0.5, 0.6) is 0 Å². The van der Waals surface area contributed by atoms with Gasteiger partial charge in [-0.2, -0.15) is 0 Å². The Balaban J connectivity index is 1.48. The predicted octanol–water partition coefficient (Wildman–Crippen LogP) is 1.17. The van der Waals surface area contributed by atoms with Crippen molar-refractivity contribution in [1.82, 2.24) is 18.9 Å². The molecule has 4 rings (SSSR count). The molecule has 0 N–H and O–H groups in total. The average molecular weight is 337 g/mol. The summed E-state index contributed by atoms with van der Waals surface area (Å²) in [4.78, 5) is 34.8. The van der Waals surface area contributed by atoms with Crippen LogP contribution in [0.1, 0.15) is 12.8 Å². The van der Waals surface area contributed by atoms with E-state index < -0.39 is 0 Å². The summed E-state index contributed by atoms with van der Waals surface area (Å²) in [6.07, 6.45) is 6.76. The topological polar surface area (TPSA) is 72.5 Å². The maximum Gasteiger partial charge on any atom is 0.259 e. The van der Waals surface area contributed by atoms with Crippen LogP contribution in [-0.2, 0) is 6.54 Å². The molecule has 1 aliphatic rings. The third-order valence-corrected chi connectivity index (χ3v) is 4.74. The normalized spacial score (nSPS) is 15.6. The number of piperidine rings is 1. The minimum absolute atomic E-state index is 0.0124. The lowest BCUT2D eigenvalue weighted by molar-refractivity contribution is 0.350. The van der Waals surface area contributed by atoms with Crippen molar-refractivity contribution in [2.45, 2.75) is 19.4 Å². The highest BCUT2D eigenvalue weighted by molar-refractivity contribution is 5.48. The van der Waals surface area contributed by atoms with Gasteiger partial charge in [-0.25, -0.2) is 9.97 Å². The zero-order valence-electron chi connectivity index (χ0n) is 13.8. The average Bonchev–Trinajstić information content (AvgIpc) is 2.64. The largest absolute Gasteiger partial charge is 0.356 e. The van der Waals surface area contributed by atoms with Gasteiger partial charge in [0.1, 0.15) is 11.5 Å². The zero-order valence-corrected chi connectivity index (χ0v) is 13.8. The number of fused-ring (bicyclic) bond motifs is 1. The zero-order chi connectivity index (χ0) is 17.2. The molecule has 7 heteroatoms. The summed E-state index contributed by atoms with van der Waals surface area (Å²) in [5.41, 5.74) is 0.584. The number of hydrogen-bond donors (Lipinski definition) is 0. The summed E-state index contributed by atoms with van der Waals surface area (Å²) >= 11 is 0. The molecule has 0 atom stereocenters. The highest BCUT2D eigenvalue weighted by Gasteiger charge is 2.21. The van der Waals surface area contributed by atoms with Crippen LogP contribution in [0.4, 0.5) is 5.82 Å². The van der Waals surface area contributed by atoms with Gasteiger partial charge in [-0.3, -0.25) is 18.6 Å². The summed E-state index contributed by atoms with van der Waals surface area (Å²) in [5, 5.41) is 0. The molecule has 0 amide bonds. The molecule has 0 unspecified atom stereocenters. The smallest absolute Gasteiger partial charge is 0.259 e. The minimum atomic E-state index is -0.0652. The van der Waals surface area contributed by atoms with Crippen LogP contribution < -0.4 is 16.0 Å². The Morgan fingerprint density at radius 1 is 1.08 bits per heavy atom. The Morgan fingerprint density at radius 2 is 1.92 bits per heavy atom. The molecule has 1 aliphatic heterocycles. The first-order chi connectivity index (χ1) is 12.2. The van der Waals surface area contributed by atoms with Crippen LogP contribution in [0.2, 0.25) is 0 Å². The molecule has 25 heavy (non-hydrogen) atoms. The maximum absolute atomic E-state index is 12.2. The fourth-order valence-corrected chi connectivity index (χ4v) is 3.34. The van der Waals surface area contributed by atoms with E-state index >= 15 is 0 Å². The summed E-state index contributed by atoms with van der Waals surface area (Å²) < 4.78 is 3.21. The lowest BCUT2D eigenvalue weighted by Gasteiger charge is -2.32. The lowest BCUT2D eigenvalue weighted by atomic mass is 9.96. The van der Waals surface area contributed by atoms with E-state index in [1.807, 2.05) is 18.2 Å². The van der Waals surface area contributed by atoms with Crippen LogP contribution in [0.15, 0.2) is 58.6 Å². The molecule has 0 radical (unpaired) electrons. The van der Waals surface area contributed by atoms with Crippen molar-refractivity contribution in [3.05, 3.63) is 69.8 Å². The predicted molar refractivity (Wildman–Crippen MR) is 94.9 cm³/mol. The second kappa shape index (κ2) is 6.51. The first-order valence-electron chi connectivity index (χ1n) is 8.44. The molecular formula is C18H19N5O2. The van der Waals surface area contributed by atoms with Crippen LogP contribution in [0, 0.1) is 5.92 Å². The monoisotopic (exact) mass is 337 g/mol.